The van der Waals surface area contributed by atoms with Gasteiger partial charge in [-0.05, 0) is 31.2 Å². The number of likely N-dealkylation sites (N-methyl/N-ethyl adjacent to an activating group) is 1. The van der Waals surface area contributed by atoms with Crippen LogP contribution in [0.5, 0.6) is 5.75 Å². The lowest BCUT2D eigenvalue weighted by molar-refractivity contribution is -0.132. The lowest BCUT2D eigenvalue weighted by Crippen LogP contribution is -2.31. The first-order chi connectivity index (χ1) is 12.5. The zero-order valence-electron chi connectivity index (χ0n) is 14.5. The van der Waals surface area contributed by atoms with E-state index in [1.807, 2.05) is 43.3 Å². The molecular formula is C19H18BrN3O3. The summed E-state index contributed by atoms with van der Waals surface area (Å²) in [4.78, 5) is 18.0. The van der Waals surface area contributed by atoms with Gasteiger partial charge >= 0.3 is 0 Å². The van der Waals surface area contributed by atoms with Gasteiger partial charge in [-0.15, -0.1) is 0 Å². The molecule has 6 nitrogen and oxygen atoms in total. The lowest BCUT2D eigenvalue weighted by atomic mass is 10.1. The maximum atomic E-state index is 12.2. The molecule has 3 aromatic rings. The number of nitrogens with zero attached hydrogens (tertiary/aromatic N) is 3. The number of benzene rings is 2. The summed E-state index contributed by atoms with van der Waals surface area (Å²) in [6, 6.07) is 15.1. The molecule has 1 heterocycles. The number of amides is 1. The highest BCUT2D eigenvalue weighted by atomic mass is 79.9. The first-order valence-electron chi connectivity index (χ1n) is 8.03. The molecule has 2 aromatic carbocycles. The molecule has 0 unspecified atom stereocenters. The number of aromatic nitrogens is 2. The highest BCUT2D eigenvalue weighted by molar-refractivity contribution is 9.10. The Morgan fingerprint density at radius 2 is 1.85 bits per heavy atom. The molecule has 3 rings (SSSR count). The molecule has 0 saturated carbocycles. The van der Waals surface area contributed by atoms with Crippen molar-refractivity contribution in [3.8, 4) is 17.1 Å². The molecule has 26 heavy (non-hydrogen) atoms. The van der Waals surface area contributed by atoms with Crippen molar-refractivity contribution >= 4 is 21.8 Å². The third-order valence-corrected chi connectivity index (χ3v) is 4.28. The number of hydrogen-bond donors (Lipinski definition) is 0. The molecule has 134 valence electrons. The van der Waals surface area contributed by atoms with Gasteiger partial charge in [0.2, 0.25) is 11.7 Å². The first-order valence-corrected chi connectivity index (χ1v) is 8.82. The fourth-order valence-corrected chi connectivity index (χ4v) is 2.48. The second-order valence-electron chi connectivity index (χ2n) is 5.87. The van der Waals surface area contributed by atoms with E-state index in [9.17, 15) is 4.79 Å². The number of aryl methyl sites for hydroxylation is 1. The van der Waals surface area contributed by atoms with E-state index in [0.717, 1.165) is 15.6 Å². The smallest absolute Gasteiger partial charge is 0.260 e. The molecule has 0 aliphatic rings. The van der Waals surface area contributed by atoms with Crippen LogP contribution >= 0.6 is 15.9 Å². The van der Waals surface area contributed by atoms with Gasteiger partial charge in [0, 0.05) is 17.1 Å². The van der Waals surface area contributed by atoms with Crippen molar-refractivity contribution < 1.29 is 14.1 Å². The predicted octanol–water partition coefficient (Wildman–Crippen LogP) is 3.84. The molecule has 0 fully saturated rings. The molecule has 0 saturated heterocycles. The zero-order valence-corrected chi connectivity index (χ0v) is 16.1. The number of rotatable bonds is 6. The van der Waals surface area contributed by atoms with Crippen LogP contribution < -0.4 is 4.74 Å². The second-order valence-corrected chi connectivity index (χ2v) is 6.79. The van der Waals surface area contributed by atoms with E-state index in [0.29, 0.717) is 17.5 Å². The third-order valence-electron chi connectivity index (χ3n) is 3.75. The fourth-order valence-electron chi connectivity index (χ4n) is 2.22. The Hall–Kier alpha value is -2.67. The van der Waals surface area contributed by atoms with Crippen LogP contribution in [0.3, 0.4) is 0 Å². The Labute approximate surface area is 159 Å². The maximum absolute atomic E-state index is 12.2. The van der Waals surface area contributed by atoms with Crippen molar-refractivity contribution in [1.82, 2.24) is 15.0 Å². The monoisotopic (exact) mass is 415 g/mol. The number of hydrogen-bond acceptors (Lipinski definition) is 5. The van der Waals surface area contributed by atoms with E-state index in [1.54, 1.807) is 19.2 Å². The van der Waals surface area contributed by atoms with Gasteiger partial charge in [-0.3, -0.25) is 4.79 Å². The minimum absolute atomic E-state index is 0.0584. The number of carbonyl (C=O) groups excluding carboxylic acids is 1. The Kier molecular flexibility index (Phi) is 5.68. The van der Waals surface area contributed by atoms with Crippen LogP contribution in [-0.2, 0) is 11.3 Å². The molecule has 0 bridgehead atoms. The molecule has 0 radical (unpaired) electrons. The van der Waals surface area contributed by atoms with Gasteiger partial charge in [-0.1, -0.05) is 50.9 Å². The fraction of sp³-hybridized carbons (Fsp3) is 0.211. The van der Waals surface area contributed by atoms with E-state index in [-0.39, 0.29) is 19.1 Å². The number of halogens is 1. The maximum Gasteiger partial charge on any atom is 0.260 e. The summed E-state index contributed by atoms with van der Waals surface area (Å²) in [5.41, 5.74) is 2.03. The van der Waals surface area contributed by atoms with Crippen LogP contribution in [0.4, 0.5) is 0 Å². The summed E-state index contributed by atoms with van der Waals surface area (Å²) < 4.78 is 11.7. The van der Waals surface area contributed by atoms with E-state index in [4.69, 9.17) is 9.26 Å². The number of carbonyl (C=O) groups is 1. The van der Waals surface area contributed by atoms with Crippen LogP contribution in [0.2, 0.25) is 0 Å². The second kappa shape index (κ2) is 8.14. The summed E-state index contributed by atoms with van der Waals surface area (Å²) in [7, 11) is 1.67. The Balaban J connectivity index is 1.55. The normalized spacial score (nSPS) is 10.6. The highest BCUT2D eigenvalue weighted by Gasteiger charge is 2.15. The minimum atomic E-state index is -0.178. The van der Waals surface area contributed by atoms with Gasteiger partial charge in [0.1, 0.15) is 5.75 Å². The van der Waals surface area contributed by atoms with Crippen molar-refractivity contribution in [3.63, 3.8) is 0 Å². The molecule has 0 spiro atoms. The van der Waals surface area contributed by atoms with Gasteiger partial charge in [0.15, 0.2) is 6.61 Å². The Morgan fingerprint density at radius 1 is 1.15 bits per heavy atom. The average Bonchev–Trinajstić information content (AvgIpc) is 3.10. The van der Waals surface area contributed by atoms with Gasteiger partial charge in [0.05, 0.1) is 6.54 Å². The molecule has 1 aromatic heterocycles. The molecule has 1 amide bonds. The largest absolute Gasteiger partial charge is 0.484 e. The van der Waals surface area contributed by atoms with Crippen molar-refractivity contribution in [3.05, 3.63) is 64.5 Å². The molecule has 0 N–H and O–H groups in total. The standard InChI is InChI=1S/C19H18BrN3O3/c1-13-3-5-14(6-4-13)19-21-17(26-22-19)11-23(2)18(24)12-25-16-9-7-15(20)8-10-16/h3-10H,11-12H2,1-2H3. The van der Waals surface area contributed by atoms with Crippen molar-refractivity contribution in [2.45, 2.75) is 13.5 Å². The van der Waals surface area contributed by atoms with Crippen LogP contribution in [0.1, 0.15) is 11.5 Å². The lowest BCUT2D eigenvalue weighted by Gasteiger charge is -2.15. The van der Waals surface area contributed by atoms with Crippen molar-refractivity contribution in [1.29, 1.82) is 0 Å². The van der Waals surface area contributed by atoms with Gasteiger partial charge in [-0.25, -0.2) is 0 Å². The van der Waals surface area contributed by atoms with Crippen LogP contribution in [0.15, 0.2) is 57.5 Å². The summed E-state index contributed by atoms with van der Waals surface area (Å²) in [6.45, 7) is 2.18. The number of ether oxygens (including phenoxy) is 1. The third kappa shape index (κ3) is 4.70. The van der Waals surface area contributed by atoms with E-state index < -0.39 is 0 Å². The molecule has 7 heteroatoms. The van der Waals surface area contributed by atoms with Crippen LogP contribution in [0.25, 0.3) is 11.4 Å². The summed E-state index contributed by atoms with van der Waals surface area (Å²) in [6.07, 6.45) is 0. The van der Waals surface area contributed by atoms with E-state index in [2.05, 4.69) is 26.1 Å². The van der Waals surface area contributed by atoms with Crippen LogP contribution in [0, 0.1) is 6.92 Å². The quantitative estimate of drug-likeness (QED) is 0.611. The Bertz CT molecular complexity index is 876. The molecule has 0 aliphatic heterocycles. The molecular weight excluding hydrogens is 398 g/mol. The summed E-state index contributed by atoms with van der Waals surface area (Å²) >= 11 is 3.35. The van der Waals surface area contributed by atoms with E-state index >= 15 is 0 Å². The SMILES string of the molecule is Cc1ccc(-c2noc(CN(C)C(=O)COc3ccc(Br)cc3)n2)cc1. The first kappa shape index (κ1) is 18.1. The topological polar surface area (TPSA) is 68.5 Å². The predicted molar refractivity (Wildman–Crippen MR) is 101 cm³/mol. The van der Waals surface area contributed by atoms with Crippen molar-refractivity contribution in [2.75, 3.05) is 13.7 Å². The van der Waals surface area contributed by atoms with E-state index in [1.165, 1.54) is 4.90 Å². The summed E-state index contributed by atoms with van der Waals surface area (Å²) in [5.74, 6) is 1.34. The van der Waals surface area contributed by atoms with Gasteiger partial charge < -0.3 is 14.2 Å². The zero-order chi connectivity index (χ0) is 18.5. The van der Waals surface area contributed by atoms with Gasteiger partial charge in [-0.2, -0.15) is 4.98 Å². The highest BCUT2D eigenvalue weighted by Crippen LogP contribution is 2.18. The molecule has 0 aliphatic carbocycles. The van der Waals surface area contributed by atoms with Crippen LogP contribution in [-0.4, -0.2) is 34.6 Å². The van der Waals surface area contributed by atoms with Crippen molar-refractivity contribution in [2.24, 2.45) is 0 Å². The molecule has 0 atom stereocenters. The van der Waals surface area contributed by atoms with Gasteiger partial charge in [0.25, 0.3) is 5.91 Å². The minimum Gasteiger partial charge on any atom is -0.484 e. The summed E-state index contributed by atoms with van der Waals surface area (Å²) in [5, 5.41) is 3.97. The Morgan fingerprint density at radius 3 is 2.54 bits per heavy atom. The average molecular weight is 416 g/mol.